The van der Waals surface area contributed by atoms with E-state index in [0.29, 0.717) is 21.6 Å². The number of hydrogen-bond acceptors (Lipinski definition) is 4. The van der Waals surface area contributed by atoms with Crippen LogP contribution in [0.15, 0.2) is 24.3 Å². The fourth-order valence-electron chi connectivity index (χ4n) is 2.28. The topological polar surface area (TPSA) is 50.4 Å². The van der Waals surface area contributed by atoms with E-state index in [-0.39, 0.29) is 5.97 Å². The van der Waals surface area contributed by atoms with Crippen molar-refractivity contribution in [2.24, 2.45) is 0 Å². The molecule has 1 aromatic carbocycles. The van der Waals surface area contributed by atoms with Crippen molar-refractivity contribution < 1.29 is 9.53 Å². The number of thiophene rings is 1. The van der Waals surface area contributed by atoms with Crippen molar-refractivity contribution >= 4 is 45.3 Å². The minimum Gasteiger partial charge on any atom is -0.465 e. The molecule has 24 heavy (non-hydrogen) atoms. The first-order valence-electron chi connectivity index (χ1n) is 7.69. The molecule has 6 heteroatoms. The molecule has 2 aromatic rings. The zero-order valence-electron chi connectivity index (χ0n) is 14.5. The predicted molar refractivity (Wildman–Crippen MR) is 106 cm³/mol. The standard InChI is InChI=1S/C18H22N2O2S2/c1-10(2)13-6-8-14(9-7-13)19-18(23)20-16-15(17(21)22-5)11(3)12(4)24-16/h6-10H,1-5H3,(H2,19,20,23). The van der Waals surface area contributed by atoms with Crippen molar-refractivity contribution in [3.05, 3.63) is 45.8 Å². The first-order chi connectivity index (χ1) is 11.3. The molecule has 1 aromatic heterocycles. The maximum absolute atomic E-state index is 12.0. The highest BCUT2D eigenvalue weighted by atomic mass is 32.1. The van der Waals surface area contributed by atoms with Gasteiger partial charge in [-0.1, -0.05) is 26.0 Å². The average Bonchev–Trinajstić information content (AvgIpc) is 2.81. The molecule has 128 valence electrons. The second kappa shape index (κ2) is 7.77. The molecule has 0 atom stereocenters. The third-order valence-corrected chi connectivity index (χ3v) is 5.16. The SMILES string of the molecule is COC(=O)c1c(NC(=S)Nc2ccc(C(C)C)cc2)sc(C)c1C. The van der Waals surface area contributed by atoms with Crippen LogP contribution in [-0.4, -0.2) is 18.2 Å². The third kappa shape index (κ3) is 4.13. The van der Waals surface area contributed by atoms with Crippen LogP contribution in [-0.2, 0) is 4.74 Å². The molecule has 2 N–H and O–H groups in total. The molecular formula is C18H22N2O2S2. The van der Waals surface area contributed by atoms with Gasteiger partial charge in [0.25, 0.3) is 0 Å². The van der Waals surface area contributed by atoms with Gasteiger partial charge in [-0.3, -0.25) is 0 Å². The van der Waals surface area contributed by atoms with Gasteiger partial charge in [0.1, 0.15) is 5.00 Å². The highest BCUT2D eigenvalue weighted by Gasteiger charge is 2.20. The Kier molecular flexibility index (Phi) is 5.96. The normalized spacial score (nSPS) is 10.6. The molecule has 0 amide bonds. The smallest absolute Gasteiger partial charge is 0.341 e. The highest BCUT2D eigenvalue weighted by molar-refractivity contribution is 7.80. The molecule has 0 aliphatic heterocycles. The molecule has 0 saturated heterocycles. The summed E-state index contributed by atoms with van der Waals surface area (Å²) in [5.41, 5.74) is 3.64. The number of thiocarbonyl (C=S) groups is 1. The number of carbonyl (C=O) groups excluding carboxylic acids is 1. The van der Waals surface area contributed by atoms with Crippen LogP contribution < -0.4 is 10.6 Å². The zero-order valence-corrected chi connectivity index (χ0v) is 16.2. The number of benzene rings is 1. The predicted octanol–water partition coefficient (Wildman–Crippen LogP) is 5.08. The minimum absolute atomic E-state index is 0.358. The van der Waals surface area contributed by atoms with E-state index >= 15 is 0 Å². The second-order valence-electron chi connectivity index (χ2n) is 5.83. The van der Waals surface area contributed by atoms with Crippen molar-refractivity contribution in [1.29, 1.82) is 0 Å². The van der Waals surface area contributed by atoms with E-state index in [9.17, 15) is 4.79 Å². The quantitative estimate of drug-likeness (QED) is 0.586. The van der Waals surface area contributed by atoms with Crippen LogP contribution in [0.1, 0.15) is 46.1 Å². The number of nitrogens with one attached hydrogen (secondary N) is 2. The van der Waals surface area contributed by atoms with Crippen LogP contribution in [0.2, 0.25) is 0 Å². The average molecular weight is 363 g/mol. The van der Waals surface area contributed by atoms with E-state index in [1.54, 1.807) is 0 Å². The maximum Gasteiger partial charge on any atom is 0.341 e. The molecule has 0 aliphatic carbocycles. The summed E-state index contributed by atoms with van der Waals surface area (Å²) in [6.45, 7) is 8.19. The van der Waals surface area contributed by atoms with E-state index in [1.165, 1.54) is 24.0 Å². The minimum atomic E-state index is -0.358. The zero-order chi connectivity index (χ0) is 17.9. The van der Waals surface area contributed by atoms with Crippen molar-refractivity contribution in [3.63, 3.8) is 0 Å². The molecule has 0 fully saturated rings. The van der Waals surface area contributed by atoms with Crippen LogP contribution >= 0.6 is 23.6 Å². The summed E-state index contributed by atoms with van der Waals surface area (Å²) in [6, 6.07) is 8.15. The molecule has 0 saturated carbocycles. The number of esters is 1. The van der Waals surface area contributed by atoms with Crippen LogP contribution in [0.3, 0.4) is 0 Å². The summed E-state index contributed by atoms with van der Waals surface area (Å²) < 4.78 is 4.87. The number of anilines is 2. The Bertz CT molecular complexity index is 749. The lowest BCUT2D eigenvalue weighted by atomic mass is 10.0. The summed E-state index contributed by atoms with van der Waals surface area (Å²) in [5.74, 6) is 0.132. The van der Waals surface area contributed by atoms with Gasteiger partial charge in [0.05, 0.1) is 12.7 Å². The number of carbonyl (C=O) groups is 1. The molecule has 2 rings (SSSR count). The van der Waals surface area contributed by atoms with Crippen LogP contribution in [0, 0.1) is 13.8 Å². The van der Waals surface area contributed by atoms with Gasteiger partial charge in [0.15, 0.2) is 5.11 Å². The number of rotatable bonds is 4. The van der Waals surface area contributed by atoms with Crippen molar-refractivity contribution in [1.82, 2.24) is 0 Å². The number of methoxy groups -OCH3 is 1. The third-order valence-electron chi connectivity index (χ3n) is 3.84. The van der Waals surface area contributed by atoms with Gasteiger partial charge in [0, 0.05) is 10.6 Å². The fraction of sp³-hybridized carbons (Fsp3) is 0.333. The summed E-state index contributed by atoms with van der Waals surface area (Å²) in [5, 5.41) is 7.40. The Labute approximate surface area is 152 Å². The summed E-state index contributed by atoms with van der Waals surface area (Å²) >= 11 is 6.86. The number of ether oxygens (including phenoxy) is 1. The first-order valence-corrected chi connectivity index (χ1v) is 8.92. The Morgan fingerprint density at radius 2 is 1.79 bits per heavy atom. The largest absolute Gasteiger partial charge is 0.465 e. The van der Waals surface area contributed by atoms with Gasteiger partial charge in [-0.15, -0.1) is 11.3 Å². The fourth-order valence-corrected chi connectivity index (χ4v) is 3.62. The number of aryl methyl sites for hydroxylation is 1. The summed E-state index contributed by atoms with van der Waals surface area (Å²) in [7, 11) is 1.38. The van der Waals surface area contributed by atoms with Crippen molar-refractivity contribution in [3.8, 4) is 0 Å². The van der Waals surface area contributed by atoms with Crippen molar-refractivity contribution in [2.45, 2.75) is 33.6 Å². The number of hydrogen-bond donors (Lipinski definition) is 2. The van der Waals surface area contributed by atoms with Gasteiger partial charge in [-0.05, 0) is 55.2 Å². The molecule has 0 aliphatic rings. The lowest BCUT2D eigenvalue weighted by molar-refractivity contribution is 0.0601. The Balaban J connectivity index is 2.12. The van der Waals surface area contributed by atoms with E-state index < -0.39 is 0 Å². The van der Waals surface area contributed by atoms with Crippen molar-refractivity contribution in [2.75, 3.05) is 17.7 Å². The van der Waals surface area contributed by atoms with E-state index in [2.05, 4.69) is 36.6 Å². The van der Waals surface area contributed by atoms with Crippen LogP contribution in [0.4, 0.5) is 10.7 Å². The monoisotopic (exact) mass is 362 g/mol. The van der Waals surface area contributed by atoms with Crippen LogP contribution in [0.5, 0.6) is 0 Å². The van der Waals surface area contributed by atoms with Gasteiger partial charge in [-0.25, -0.2) is 4.79 Å². The van der Waals surface area contributed by atoms with E-state index in [4.69, 9.17) is 17.0 Å². The second-order valence-corrected chi connectivity index (χ2v) is 7.47. The lowest BCUT2D eigenvalue weighted by Gasteiger charge is -2.12. The summed E-state index contributed by atoms with van der Waals surface area (Å²) in [4.78, 5) is 13.0. The molecule has 1 heterocycles. The molecule has 0 unspecified atom stereocenters. The summed E-state index contributed by atoms with van der Waals surface area (Å²) in [6.07, 6.45) is 0. The van der Waals surface area contributed by atoms with Gasteiger partial charge in [-0.2, -0.15) is 0 Å². The van der Waals surface area contributed by atoms with Gasteiger partial charge >= 0.3 is 5.97 Å². The van der Waals surface area contributed by atoms with E-state index in [0.717, 1.165) is 16.1 Å². The Hall–Kier alpha value is -1.92. The Morgan fingerprint density at radius 3 is 2.33 bits per heavy atom. The molecule has 0 radical (unpaired) electrons. The highest BCUT2D eigenvalue weighted by Crippen LogP contribution is 2.33. The van der Waals surface area contributed by atoms with E-state index in [1.807, 2.05) is 26.0 Å². The van der Waals surface area contributed by atoms with Gasteiger partial charge < -0.3 is 15.4 Å². The lowest BCUT2D eigenvalue weighted by Crippen LogP contribution is -2.20. The maximum atomic E-state index is 12.0. The molecule has 0 bridgehead atoms. The first kappa shape index (κ1) is 18.4. The molecule has 0 spiro atoms. The molecular weight excluding hydrogens is 340 g/mol. The van der Waals surface area contributed by atoms with Gasteiger partial charge in [0.2, 0.25) is 0 Å². The Morgan fingerprint density at radius 1 is 1.17 bits per heavy atom. The van der Waals surface area contributed by atoms with Crippen LogP contribution in [0.25, 0.3) is 0 Å². The molecule has 4 nitrogen and oxygen atoms in total.